The Labute approximate surface area is 187 Å². The summed E-state index contributed by atoms with van der Waals surface area (Å²) in [5.74, 6) is -0.819. The van der Waals surface area contributed by atoms with Crippen LogP contribution in [0, 0.1) is 11.8 Å². The highest BCUT2D eigenvalue weighted by Gasteiger charge is 2.49. The van der Waals surface area contributed by atoms with E-state index < -0.39 is 17.3 Å². The third-order valence-corrected chi connectivity index (χ3v) is 6.05. The summed E-state index contributed by atoms with van der Waals surface area (Å²) in [5, 5.41) is 0. The van der Waals surface area contributed by atoms with E-state index in [4.69, 9.17) is 24.9 Å². The number of pyridine rings is 2. The van der Waals surface area contributed by atoms with Gasteiger partial charge in [0.1, 0.15) is 18.1 Å². The molecule has 9 heteroatoms. The number of amidine groups is 1. The highest BCUT2D eigenvalue weighted by molar-refractivity contribution is 5.78. The fourth-order valence-electron chi connectivity index (χ4n) is 4.44. The molecule has 0 amide bonds. The predicted octanol–water partition coefficient (Wildman–Crippen LogP) is 3.92. The van der Waals surface area contributed by atoms with Crippen LogP contribution in [0.4, 0.5) is 8.78 Å². The van der Waals surface area contributed by atoms with E-state index in [1.807, 2.05) is 6.08 Å². The van der Waals surface area contributed by atoms with Gasteiger partial charge < -0.3 is 19.9 Å². The van der Waals surface area contributed by atoms with Crippen LogP contribution in [-0.4, -0.2) is 35.8 Å². The number of nitrogens with zero attached hydrogens (tertiary/aromatic N) is 3. The second kappa shape index (κ2) is 7.35. The smallest absolute Gasteiger partial charge is 0.283 e. The molecule has 1 aromatic carbocycles. The fraction of sp³-hybridized carbons (Fsp3) is 0.208. The molecule has 2 aromatic heterocycles. The Hall–Kier alpha value is -3.85. The molecule has 2 N–H and O–H groups in total. The number of rotatable bonds is 2. The highest BCUT2D eigenvalue weighted by atomic mass is 19.1. The third kappa shape index (κ3) is 3.07. The monoisotopic (exact) mass is 448 g/mol. The van der Waals surface area contributed by atoms with Crippen molar-refractivity contribution in [2.75, 3.05) is 19.8 Å². The van der Waals surface area contributed by atoms with Gasteiger partial charge in [0.05, 0.1) is 18.9 Å². The highest BCUT2D eigenvalue weighted by Crippen LogP contribution is 2.52. The van der Waals surface area contributed by atoms with Crippen LogP contribution in [0.3, 0.4) is 0 Å². The van der Waals surface area contributed by atoms with Gasteiger partial charge in [0.2, 0.25) is 5.95 Å². The Morgan fingerprint density at radius 2 is 2.03 bits per heavy atom. The molecule has 166 valence electrons. The molecule has 3 aliphatic rings. The Kier molecular flexibility index (Phi) is 4.41. The Morgan fingerprint density at radius 1 is 1.12 bits per heavy atom. The van der Waals surface area contributed by atoms with Crippen molar-refractivity contribution < 1.29 is 23.0 Å². The van der Waals surface area contributed by atoms with E-state index in [1.54, 1.807) is 30.3 Å². The van der Waals surface area contributed by atoms with Gasteiger partial charge in [-0.3, -0.25) is 0 Å². The molecule has 0 radical (unpaired) electrons. The molecule has 0 saturated heterocycles. The molecule has 7 nitrogen and oxygen atoms in total. The van der Waals surface area contributed by atoms with Gasteiger partial charge in [0, 0.05) is 23.4 Å². The average molecular weight is 448 g/mol. The zero-order valence-electron chi connectivity index (χ0n) is 17.3. The van der Waals surface area contributed by atoms with E-state index in [0.29, 0.717) is 47.8 Å². The normalized spacial score (nSPS) is 20.9. The molecule has 1 unspecified atom stereocenters. The fourth-order valence-corrected chi connectivity index (χ4v) is 4.44. The summed E-state index contributed by atoms with van der Waals surface area (Å²) in [4.78, 5) is 13.1. The lowest BCUT2D eigenvalue weighted by Gasteiger charge is -2.33. The maximum absolute atomic E-state index is 15.3. The first-order valence-corrected chi connectivity index (χ1v) is 10.4. The van der Waals surface area contributed by atoms with Gasteiger partial charge >= 0.3 is 0 Å². The number of ether oxygens (including phenoxy) is 3. The van der Waals surface area contributed by atoms with Gasteiger partial charge in [0.15, 0.2) is 17.1 Å². The van der Waals surface area contributed by atoms with Gasteiger partial charge in [0.25, 0.3) is 6.02 Å². The maximum Gasteiger partial charge on any atom is 0.283 e. The number of benzene rings is 1. The van der Waals surface area contributed by atoms with Crippen molar-refractivity contribution in [2.24, 2.45) is 10.7 Å². The number of hydrogen-bond acceptors (Lipinski definition) is 7. The average Bonchev–Trinajstić information content (AvgIpc) is 3.23. The number of hydrogen-bond donors (Lipinski definition) is 1. The molecule has 5 heterocycles. The van der Waals surface area contributed by atoms with Crippen LogP contribution < -0.4 is 10.5 Å². The molecule has 1 atom stereocenters. The van der Waals surface area contributed by atoms with Gasteiger partial charge in [-0.1, -0.05) is 12.1 Å². The lowest BCUT2D eigenvalue weighted by Crippen LogP contribution is -2.33. The topological polar surface area (TPSA) is 91.9 Å². The summed E-state index contributed by atoms with van der Waals surface area (Å²) >= 11 is 0. The molecule has 3 aromatic rings. The number of aliphatic imine (C=N–C) groups is 1. The zero-order valence-corrected chi connectivity index (χ0v) is 17.3. The maximum atomic E-state index is 15.3. The SMILES string of the molecule is NC1=NC2(CO1)c1cc(-c3cccnc3F)ccc1Oc1c(F)cc(C3=CCOCC3)nc12. The van der Waals surface area contributed by atoms with Crippen LogP contribution in [0.25, 0.3) is 16.7 Å². The molecule has 1 spiro atoms. The third-order valence-electron chi connectivity index (χ3n) is 6.05. The van der Waals surface area contributed by atoms with Crippen LogP contribution in [0.1, 0.15) is 23.4 Å². The van der Waals surface area contributed by atoms with Crippen LogP contribution in [0.5, 0.6) is 11.5 Å². The van der Waals surface area contributed by atoms with Crippen LogP contribution >= 0.6 is 0 Å². The lowest BCUT2D eigenvalue weighted by molar-refractivity contribution is 0.161. The van der Waals surface area contributed by atoms with E-state index in [1.165, 1.54) is 12.3 Å². The van der Waals surface area contributed by atoms with E-state index in [2.05, 4.69) is 9.98 Å². The van der Waals surface area contributed by atoms with E-state index in [9.17, 15) is 4.39 Å². The predicted molar refractivity (Wildman–Crippen MR) is 116 cm³/mol. The molecule has 0 aliphatic carbocycles. The van der Waals surface area contributed by atoms with Crippen molar-refractivity contribution in [3.05, 3.63) is 77.4 Å². The first-order chi connectivity index (χ1) is 16.0. The number of aromatic nitrogens is 2. The van der Waals surface area contributed by atoms with E-state index in [-0.39, 0.29) is 24.1 Å². The van der Waals surface area contributed by atoms with Crippen LogP contribution in [-0.2, 0) is 15.0 Å². The van der Waals surface area contributed by atoms with Crippen molar-refractivity contribution in [2.45, 2.75) is 12.0 Å². The summed E-state index contributed by atoms with van der Waals surface area (Å²) in [6.07, 6.45) is 3.88. The second-order valence-corrected chi connectivity index (χ2v) is 7.98. The van der Waals surface area contributed by atoms with Crippen molar-refractivity contribution in [1.29, 1.82) is 0 Å². The Morgan fingerprint density at radius 3 is 2.79 bits per heavy atom. The first-order valence-electron chi connectivity index (χ1n) is 10.4. The Balaban J connectivity index is 1.57. The standard InChI is InChI=1S/C24H18F2N4O3/c25-17-11-18(13-5-8-31-9-6-13)29-21-20(17)33-19-4-3-14(15-2-1-7-28-22(15)26)10-16(19)24(21)12-32-23(27)30-24/h1-5,7,10-11H,6,8-9,12H2,(H2,27,30). The van der Waals surface area contributed by atoms with Gasteiger partial charge in [-0.15, -0.1) is 0 Å². The van der Waals surface area contributed by atoms with E-state index in [0.717, 1.165) is 5.57 Å². The molecule has 0 saturated carbocycles. The minimum atomic E-state index is -1.23. The summed E-state index contributed by atoms with van der Waals surface area (Å²) in [6.45, 7) is 0.985. The van der Waals surface area contributed by atoms with Gasteiger partial charge in [-0.05, 0) is 41.8 Å². The molecule has 6 rings (SSSR count). The minimum absolute atomic E-state index is 0.0131. The second-order valence-electron chi connectivity index (χ2n) is 7.98. The lowest BCUT2D eigenvalue weighted by atomic mass is 9.83. The molecular weight excluding hydrogens is 430 g/mol. The molecular formula is C24H18F2N4O3. The molecule has 0 bridgehead atoms. The van der Waals surface area contributed by atoms with Gasteiger partial charge in [-0.25, -0.2) is 19.4 Å². The summed E-state index contributed by atoms with van der Waals surface area (Å²) in [5.41, 5.74) is 7.75. The first kappa shape index (κ1) is 19.8. The van der Waals surface area contributed by atoms with Crippen LogP contribution in [0.2, 0.25) is 0 Å². The van der Waals surface area contributed by atoms with Gasteiger partial charge in [-0.2, -0.15) is 4.39 Å². The Bertz CT molecular complexity index is 1360. The number of nitrogens with two attached hydrogens (primary N) is 1. The zero-order chi connectivity index (χ0) is 22.6. The molecule has 3 aliphatic heterocycles. The minimum Gasteiger partial charge on any atom is -0.462 e. The summed E-state index contributed by atoms with van der Waals surface area (Å²) in [7, 11) is 0. The molecule has 33 heavy (non-hydrogen) atoms. The van der Waals surface area contributed by atoms with Crippen molar-refractivity contribution in [3.63, 3.8) is 0 Å². The number of halogens is 2. The number of fused-ring (bicyclic) bond motifs is 4. The summed E-state index contributed by atoms with van der Waals surface area (Å²) in [6, 6.07) is 9.68. The molecule has 0 fully saturated rings. The van der Waals surface area contributed by atoms with Crippen molar-refractivity contribution >= 4 is 11.6 Å². The van der Waals surface area contributed by atoms with E-state index >= 15 is 4.39 Å². The largest absolute Gasteiger partial charge is 0.462 e. The van der Waals surface area contributed by atoms with Crippen LogP contribution in [0.15, 0.2) is 53.7 Å². The van der Waals surface area contributed by atoms with Crippen molar-refractivity contribution in [1.82, 2.24) is 9.97 Å². The summed E-state index contributed by atoms with van der Waals surface area (Å²) < 4.78 is 46.6. The van der Waals surface area contributed by atoms with Crippen molar-refractivity contribution in [3.8, 4) is 22.6 Å². The quantitative estimate of drug-likeness (QED) is 0.598.